The first-order valence-corrected chi connectivity index (χ1v) is 7.99. The molecular formula is C21H15N3O. The van der Waals surface area contributed by atoms with Crippen LogP contribution in [0.3, 0.4) is 0 Å². The number of fused-ring (bicyclic) bond motifs is 3. The highest BCUT2D eigenvalue weighted by atomic mass is 16.2. The number of nitrogens with zero attached hydrogens (tertiary/aromatic N) is 3. The van der Waals surface area contributed by atoms with Crippen LogP contribution in [-0.2, 0) is 6.54 Å². The monoisotopic (exact) mass is 325 g/mol. The molecular weight excluding hydrogens is 310 g/mol. The second kappa shape index (κ2) is 5.88. The lowest BCUT2D eigenvalue weighted by molar-refractivity contribution is 0.0788. The number of amides is 1. The average Bonchev–Trinajstić information content (AvgIpc) is 2.77. The van der Waals surface area contributed by atoms with Gasteiger partial charge in [0.25, 0.3) is 5.91 Å². The van der Waals surface area contributed by atoms with Crippen molar-refractivity contribution in [3.05, 3.63) is 83.3 Å². The van der Waals surface area contributed by atoms with Crippen LogP contribution < -0.4 is 0 Å². The largest absolute Gasteiger partial charge is 0.337 e. The van der Waals surface area contributed by atoms with Gasteiger partial charge < -0.3 is 4.90 Å². The average molecular weight is 325 g/mol. The number of carbonyl (C=O) groups is 1. The van der Waals surface area contributed by atoms with Gasteiger partial charge in [-0.2, -0.15) is 0 Å². The summed E-state index contributed by atoms with van der Waals surface area (Å²) in [4.78, 5) is 22.3. The standard InChI is InChI=1S/C21H15N3O/c1-22-17-6-3-5-14(11-17)15-8-9-16-13-24(2)21(25)18-7-4-10-23-20(18)19(16)12-15/h3-12H,13H2,2H3. The minimum atomic E-state index is -0.0177. The van der Waals surface area contributed by atoms with Crippen LogP contribution >= 0.6 is 0 Å². The van der Waals surface area contributed by atoms with Gasteiger partial charge in [0.05, 0.1) is 17.8 Å². The summed E-state index contributed by atoms with van der Waals surface area (Å²) in [7, 11) is 1.81. The van der Waals surface area contributed by atoms with Gasteiger partial charge in [-0.3, -0.25) is 9.78 Å². The zero-order valence-electron chi connectivity index (χ0n) is 13.7. The molecule has 2 aromatic carbocycles. The van der Waals surface area contributed by atoms with Crippen LogP contribution in [0.2, 0.25) is 0 Å². The Morgan fingerprint density at radius 3 is 2.72 bits per heavy atom. The number of carbonyl (C=O) groups excluding carboxylic acids is 1. The first kappa shape index (κ1) is 15.1. The molecule has 1 aliphatic rings. The highest BCUT2D eigenvalue weighted by molar-refractivity contribution is 6.01. The zero-order chi connectivity index (χ0) is 17.4. The third-order valence-electron chi connectivity index (χ3n) is 4.47. The van der Waals surface area contributed by atoms with E-state index in [-0.39, 0.29) is 5.91 Å². The van der Waals surface area contributed by atoms with Crippen LogP contribution in [0, 0.1) is 6.57 Å². The van der Waals surface area contributed by atoms with E-state index in [1.165, 1.54) is 0 Å². The fourth-order valence-electron chi connectivity index (χ4n) is 3.19. The third-order valence-corrected chi connectivity index (χ3v) is 4.47. The molecule has 0 N–H and O–H groups in total. The fraction of sp³-hybridized carbons (Fsp3) is 0.0952. The smallest absolute Gasteiger partial charge is 0.256 e. The van der Waals surface area contributed by atoms with Crippen molar-refractivity contribution in [2.45, 2.75) is 6.54 Å². The van der Waals surface area contributed by atoms with Crippen molar-refractivity contribution in [2.75, 3.05) is 7.05 Å². The molecule has 4 nitrogen and oxygen atoms in total. The van der Waals surface area contributed by atoms with Gasteiger partial charge in [-0.1, -0.05) is 30.3 Å². The molecule has 1 aliphatic heterocycles. The van der Waals surface area contributed by atoms with Crippen LogP contribution in [-0.4, -0.2) is 22.8 Å². The summed E-state index contributed by atoms with van der Waals surface area (Å²) in [5.41, 5.74) is 5.99. The molecule has 0 saturated heterocycles. The first-order chi connectivity index (χ1) is 12.2. The van der Waals surface area contributed by atoms with Gasteiger partial charge >= 0.3 is 0 Å². The molecule has 0 fully saturated rings. The van der Waals surface area contributed by atoms with E-state index >= 15 is 0 Å². The number of aromatic nitrogens is 1. The normalized spacial score (nSPS) is 12.8. The molecule has 3 aromatic rings. The predicted octanol–water partition coefficient (Wildman–Crippen LogP) is 4.55. The second-order valence-corrected chi connectivity index (χ2v) is 6.09. The van der Waals surface area contributed by atoms with E-state index < -0.39 is 0 Å². The predicted molar refractivity (Wildman–Crippen MR) is 97.2 cm³/mol. The summed E-state index contributed by atoms with van der Waals surface area (Å²) >= 11 is 0. The minimum absolute atomic E-state index is 0.0177. The van der Waals surface area contributed by atoms with Crippen molar-refractivity contribution in [3.8, 4) is 22.4 Å². The Labute approximate surface area is 146 Å². The van der Waals surface area contributed by atoms with Gasteiger partial charge in [0, 0.05) is 25.4 Å². The summed E-state index contributed by atoms with van der Waals surface area (Å²) in [6.45, 7) is 7.74. The summed E-state index contributed by atoms with van der Waals surface area (Å²) in [6.07, 6.45) is 1.72. The molecule has 0 radical (unpaired) electrons. The quantitative estimate of drug-likeness (QED) is 0.615. The molecule has 120 valence electrons. The molecule has 0 unspecified atom stereocenters. The molecule has 2 heterocycles. The first-order valence-electron chi connectivity index (χ1n) is 7.99. The van der Waals surface area contributed by atoms with E-state index in [9.17, 15) is 4.79 Å². The van der Waals surface area contributed by atoms with Crippen molar-refractivity contribution in [1.29, 1.82) is 0 Å². The van der Waals surface area contributed by atoms with Crippen molar-refractivity contribution in [3.63, 3.8) is 0 Å². The number of hydrogen-bond donors (Lipinski definition) is 0. The van der Waals surface area contributed by atoms with Gasteiger partial charge in [0.2, 0.25) is 0 Å². The van der Waals surface area contributed by atoms with Crippen molar-refractivity contribution >= 4 is 11.6 Å². The Morgan fingerprint density at radius 2 is 1.88 bits per heavy atom. The summed E-state index contributed by atoms with van der Waals surface area (Å²) in [6, 6.07) is 17.3. The minimum Gasteiger partial charge on any atom is -0.337 e. The lowest BCUT2D eigenvalue weighted by atomic mass is 9.96. The molecule has 25 heavy (non-hydrogen) atoms. The van der Waals surface area contributed by atoms with Crippen molar-refractivity contribution in [1.82, 2.24) is 9.88 Å². The molecule has 0 spiro atoms. The highest BCUT2D eigenvalue weighted by Crippen LogP contribution is 2.34. The summed E-state index contributed by atoms with van der Waals surface area (Å²) < 4.78 is 0. The van der Waals surface area contributed by atoms with Gasteiger partial charge in [0.15, 0.2) is 5.69 Å². The third kappa shape index (κ3) is 2.56. The Bertz CT molecular complexity index is 1030. The van der Waals surface area contributed by atoms with E-state index in [2.05, 4.69) is 15.9 Å². The van der Waals surface area contributed by atoms with E-state index in [4.69, 9.17) is 6.57 Å². The number of pyridine rings is 1. The summed E-state index contributed by atoms with van der Waals surface area (Å²) in [5.74, 6) is -0.0177. The molecule has 4 rings (SSSR count). The van der Waals surface area contributed by atoms with Gasteiger partial charge in [-0.05, 0) is 41.0 Å². The van der Waals surface area contributed by atoms with Gasteiger partial charge in [0.1, 0.15) is 0 Å². The Hall–Kier alpha value is -3.45. The lowest BCUT2D eigenvalue weighted by Crippen LogP contribution is -2.24. The maximum absolute atomic E-state index is 12.6. The zero-order valence-corrected chi connectivity index (χ0v) is 13.7. The summed E-state index contributed by atoms with van der Waals surface area (Å²) in [5, 5.41) is 0. The van der Waals surface area contributed by atoms with Crippen LogP contribution in [0.15, 0.2) is 60.8 Å². The Balaban J connectivity index is 1.92. The van der Waals surface area contributed by atoms with E-state index in [1.807, 2.05) is 36.4 Å². The van der Waals surface area contributed by atoms with Gasteiger partial charge in [-0.25, -0.2) is 4.85 Å². The Morgan fingerprint density at radius 1 is 1.04 bits per heavy atom. The lowest BCUT2D eigenvalue weighted by Gasteiger charge is -2.15. The maximum Gasteiger partial charge on any atom is 0.256 e. The molecule has 0 bridgehead atoms. The van der Waals surface area contributed by atoms with Crippen molar-refractivity contribution < 1.29 is 4.79 Å². The van der Waals surface area contributed by atoms with Crippen LogP contribution in [0.25, 0.3) is 27.2 Å². The van der Waals surface area contributed by atoms with E-state index in [1.54, 1.807) is 30.3 Å². The molecule has 1 amide bonds. The topological polar surface area (TPSA) is 37.6 Å². The van der Waals surface area contributed by atoms with E-state index in [0.29, 0.717) is 17.8 Å². The maximum atomic E-state index is 12.6. The fourth-order valence-corrected chi connectivity index (χ4v) is 3.19. The van der Waals surface area contributed by atoms with Crippen LogP contribution in [0.4, 0.5) is 5.69 Å². The van der Waals surface area contributed by atoms with E-state index in [0.717, 1.165) is 27.9 Å². The molecule has 0 atom stereocenters. The number of benzene rings is 2. The van der Waals surface area contributed by atoms with Gasteiger partial charge in [-0.15, -0.1) is 0 Å². The van der Waals surface area contributed by atoms with Crippen LogP contribution in [0.1, 0.15) is 15.9 Å². The molecule has 0 saturated carbocycles. The Kier molecular flexibility index (Phi) is 3.55. The number of rotatable bonds is 1. The van der Waals surface area contributed by atoms with Crippen LogP contribution in [0.5, 0.6) is 0 Å². The highest BCUT2D eigenvalue weighted by Gasteiger charge is 2.24. The number of hydrogen-bond acceptors (Lipinski definition) is 2. The molecule has 1 aromatic heterocycles. The SMILES string of the molecule is [C-]#[N+]c1cccc(-c2ccc3c(c2)-c2ncccc2C(=O)N(C)C3)c1. The molecule has 0 aliphatic carbocycles. The van der Waals surface area contributed by atoms with Crippen molar-refractivity contribution in [2.24, 2.45) is 0 Å². The molecule has 4 heteroatoms. The second-order valence-electron chi connectivity index (χ2n) is 6.09.